The normalized spacial score (nSPS) is 11.5. The first-order valence-electron chi connectivity index (χ1n) is 6.39. The summed E-state index contributed by atoms with van der Waals surface area (Å²) in [7, 11) is 0. The maximum atomic E-state index is 11.8. The molecular formula is C14H11N3O4S2. The van der Waals surface area contributed by atoms with Crippen LogP contribution in [0.15, 0.2) is 32.8 Å². The fourth-order valence-corrected chi connectivity index (χ4v) is 3.48. The van der Waals surface area contributed by atoms with E-state index in [4.69, 9.17) is 10.00 Å². The van der Waals surface area contributed by atoms with Gasteiger partial charge in [-0.3, -0.25) is 10.1 Å². The van der Waals surface area contributed by atoms with Gasteiger partial charge in [0.1, 0.15) is 6.07 Å². The van der Waals surface area contributed by atoms with Crippen LogP contribution in [0.5, 0.6) is 0 Å². The molecule has 1 aromatic heterocycles. The molecule has 118 valence electrons. The van der Waals surface area contributed by atoms with Crippen LogP contribution in [0, 0.1) is 28.4 Å². The fourth-order valence-electron chi connectivity index (χ4n) is 1.60. The van der Waals surface area contributed by atoms with E-state index in [1.807, 2.05) is 12.3 Å². The van der Waals surface area contributed by atoms with Crippen LogP contribution >= 0.6 is 23.1 Å². The lowest BCUT2D eigenvalue weighted by Crippen LogP contribution is -2.13. The van der Waals surface area contributed by atoms with E-state index in [1.165, 1.54) is 30.4 Å². The number of carbonyl (C=O) groups is 1. The average Bonchev–Trinajstić information content (AvgIpc) is 2.92. The molecule has 9 heteroatoms. The highest BCUT2D eigenvalue weighted by Crippen LogP contribution is 2.36. The van der Waals surface area contributed by atoms with Crippen molar-refractivity contribution in [1.29, 1.82) is 5.26 Å². The van der Waals surface area contributed by atoms with Gasteiger partial charge in [0.2, 0.25) is 0 Å². The maximum Gasteiger partial charge on any atom is 0.339 e. The van der Waals surface area contributed by atoms with Crippen LogP contribution in [0.25, 0.3) is 0 Å². The van der Waals surface area contributed by atoms with Gasteiger partial charge in [-0.2, -0.15) is 5.26 Å². The van der Waals surface area contributed by atoms with E-state index in [0.717, 1.165) is 23.5 Å². The van der Waals surface area contributed by atoms with Gasteiger partial charge in [0, 0.05) is 17.1 Å². The molecule has 23 heavy (non-hydrogen) atoms. The highest BCUT2D eigenvalue weighted by atomic mass is 32.2. The van der Waals surface area contributed by atoms with Crippen LogP contribution in [0.1, 0.15) is 23.0 Å². The third kappa shape index (κ3) is 4.28. The van der Waals surface area contributed by atoms with Gasteiger partial charge in [-0.1, -0.05) is 11.8 Å². The Morgan fingerprint density at radius 1 is 1.57 bits per heavy atom. The second-order valence-corrected chi connectivity index (χ2v) is 6.62. The number of aryl methyl sites for hydroxylation is 1. The molecule has 0 saturated carbocycles. The van der Waals surface area contributed by atoms with Crippen molar-refractivity contribution < 1.29 is 14.5 Å². The van der Waals surface area contributed by atoms with E-state index in [9.17, 15) is 14.9 Å². The number of nitriles is 1. The zero-order valence-electron chi connectivity index (χ0n) is 12.2. The van der Waals surface area contributed by atoms with Crippen molar-refractivity contribution in [2.24, 2.45) is 0 Å². The van der Waals surface area contributed by atoms with Gasteiger partial charge in [-0.15, -0.1) is 11.3 Å². The summed E-state index contributed by atoms with van der Waals surface area (Å²) in [6, 6.07) is 5.82. The van der Waals surface area contributed by atoms with Gasteiger partial charge in [0.05, 0.1) is 15.4 Å². The van der Waals surface area contributed by atoms with Crippen LogP contribution in [0.2, 0.25) is 0 Å². The molecule has 0 N–H and O–H groups in total. The van der Waals surface area contributed by atoms with Crippen LogP contribution in [-0.2, 0) is 4.74 Å². The van der Waals surface area contributed by atoms with Gasteiger partial charge >= 0.3 is 5.97 Å². The number of nitrogens with zero attached hydrogens (tertiary/aromatic N) is 3. The molecule has 0 saturated heterocycles. The molecule has 0 amide bonds. The van der Waals surface area contributed by atoms with Crippen LogP contribution in [-0.4, -0.2) is 22.0 Å². The quantitative estimate of drug-likeness (QED) is 0.461. The van der Waals surface area contributed by atoms with Crippen molar-refractivity contribution in [3.05, 3.63) is 45.0 Å². The number of esters is 1. The number of aromatic nitrogens is 1. The molecular weight excluding hydrogens is 338 g/mol. The minimum atomic E-state index is -0.922. The zero-order valence-corrected chi connectivity index (χ0v) is 13.8. The Bertz CT molecular complexity index is 798. The zero-order chi connectivity index (χ0) is 17.0. The number of benzene rings is 1. The van der Waals surface area contributed by atoms with Gasteiger partial charge < -0.3 is 4.74 Å². The summed E-state index contributed by atoms with van der Waals surface area (Å²) in [6.07, 6.45) is -0.922. The number of hydrogen-bond donors (Lipinski definition) is 0. The molecule has 1 atom stereocenters. The molecule has 1 aromatic carbocycles. The predicted molar refractivity (Wildman–Crippen MR) is 84.6 cm³/mol. The summed E-state index contributed by atoms with van der Waals surface area (Å²) in [5.74, 6) is -0.774. The van der Waals surface area contributed by atoms with Gasteiger partial charge in [-0.05, 0) is 26.0 Å². The SMILES string of the molecule is Cc1csc(Sc2ccc(C(=O)O[C@@H](C)C#N)cc2[N+](=O)[O-])n1. The number of thiazole rings is 1. The number of nitro benzene ring substituents is 1. The number of rotatable bonds is 5. The van der Waals surface area contributed by atoms with Crippen molar-refractivity contribution in [2.75, 3.05) is 0 Å². The summed E-state index contributed by atoms with van der Waals surface area (Å²) < 4.78 is 5.52. The van der Waals surface area contributed by atoms with Crippen molar-refractivity contribution >= 4 is 34.8 Å². The molecule has 0 aliphatic carbocycles. The Hall–Kier alpha value is -2.44. The Labute approximate surface area is 140 Å². The molecule has 2 aromatic rings. The first kappa shape index (κ1) is 16.9. The van der Waals surface area contributed by atoms with E-state index in [-0.39, 0.29) is 11.3 Å². The molecule has 0 aliphatic heterocycles. The molecule has 2 rings (SSSR count). The second-order valence-electron chi connectivity index (χ2n) is 4.47. The molecule has 0 radical (unpaired) electrons. The Morgan fingerprint density at radius 3 is 2.87 bits per heavy atom. The first-order valence-corrected chi connectivity index (χ1v) is 8.09. The minimum Gasteiger partial charge on any atom is -0.444 e. The highest BCUT2D eigenvalue weighted by molar-refractivity contribution is 8.01. The first-order chi connectivity index (χ1) is 10.9. The molecule has 7 nitrogen and oxygen atoms in total. The van der Waals surface area contributed by atoms with Crippen molar-refractivity contribution in [3.63, 3.8) is 0 Å². The van der Waals surface area contributed by atoms with Crippen molar-refractivity contribution in [3.8, 4) is 6.07 Å². The molecule has 0 unspecified atom stereocenters. The molecule has 0 bridgehead atoms. The fraction of sp³-hybridized carbons (Fsp3) is 0.214. The summed E-state index contributed by atoms with van der Waals surface area (Å²) in [4.78, 5) is 27.2. The molecule has 0 fully saturated rings. The third-order valence-electron chi connectivity index (χ3n) is 2.65. The lowest BCUT2D eigenvalue weighted by atomic mass is 10.2. The van der Waals surface area contributed by atoms with Gasteiger partial charge in [0.15, 0.2) is 10.4 Å². The molecule has 0 aliphatic rings. The van der Waals surface area contributed by atoms with Crippen molar-refractivity contribution in [1.82, 2.24) is 4.98 Å². The van der Waals surface area contributed by atoms with E-state index in [0.29, 0.717) is 9.24 Å². The smallest absolute Gasteiger partial charge is 0.339 e. The van der Waals surface area contributed by atoms with E-state index < -0.39 is 17.0 Å². The second kappa shape index (κ2) is 7.21. The summed E-state index contributed by atoms with van der Waals surface area (Å²) in [5, 5.41) is 21.7. The Morgan fingerprint density at radius 2 is 2.30 bits per heavy atom. The maximum absolute atomic E-state index is 11.8. The lowest BCUT2D eigenvalue weighted by Gasteiger charge is -2.07. The Balaban J connectivity index is 2.29. The van der Waals surface area contributed by atoms with Crippen LogP contribution in [0.3, 0.4) is 0 Å². The monoisotopic (exact) mass is 349 g/mol. The lowest BCUT2D eigenvalue weighted by molar-refractivity contribution is -0.387. The molecule has 1 heterocycles. The average molecular weight is 349 g/mol. The van der Waals surface area contributed by atoms with E-state index in [2.05, 4.69) is 4.98 Å². The largest absolute Gasteiger partial charge is 0.444 e. The standard InChI is InChI=1S/C14H11N3O4S2/c1-8-7-22-14(16-8)23-12-4-3-10(5-11(12)17(19)20)13(18)21-9(2)6-15/h3-5,7,9H,1-2H3/t9-/m0/s1. The summed E-state index contributed by atoms with van der Waals surface area (Å²) in [5.41, 5.74) is 0.659. The summed E-state index contributed by atoms with van der Waals surface area (Å²) in [6.45, 7) is 3.26. The number of hydrogen-bond acceptors (Lipinski definition) is 8. The minimum absolute atomic E-state index is 0.0264. The Kier molecular flexibility index (Phi) is 5.31. The van der Waals surface area contributed by atoms with E-state index in [1.54, 1.807) is 6.07 Å². The molecule has 0 spiro atoms. The third-order valence-corrected chi connectivity index (χ3v) is 4.77. The van der Waals surface area contributed by atoms with E-state index >= 15 is 0 Å². The number of ether oxygens (including phenoxy) is 1. The number of carbonyl (C=O) groups excluding carboxylic acids is 1. The predicted octanol–water partition coefficient (Wildman–Crippen LogP) is 3.58. The van der Waals surface area contributed by atoms with Gasteiger partial charge in [0.25, 0.3) is 5.69 Å². The van der Waals surface area contributed by atoms with Crippen LogP contribution in [0.4, 0.5) is 5.69 Å². The van der Waals surface area contributed by atoms with Crippen molar-refractivity contribution in [2.45, 2.75) is 29.2 Å². The van der Waals surface area contributed by atoms with Gasteiger partial charge in [-0.25, -0.2) is 9.78 Å². The van der Waals surface area contributed by atoms with Crippen LogP contribution < -0.4 is 0 Å². The highest BCUT2D eigenvalue weighted by Gasteiger charge is 2.21. The topological polar surface area (TPSA) is 106 Å². The summed E-state index contributed by atoms with van der Waals surface area (Å²) >= 11 is 2.55. The number of nitro groups is 1.